The summed E-state index contributed by atoms with van der Waals surface area (Å²) in [7, 11) is 2.73. The highest BCUT2D eigenvalue weighted by molar-refractivity contribution is 6.22. The Kier molecular flexibility index (Phi) is 3.43. The van der Waals surface area contributed by atoms with Crippen molar-refractivity contribution in [1.82, 2.24) is 0 Å². The second kappa shape index (κ2) is 4.69. The molecule has 1 fully saturated rings. The van der Waals surface area contributed by atoms with Gasteiger partial charge in [-0.15, -0.1) is 11.6 Å². The van der Waals surface area contributed by atoms with Gasteiger partial charge in [0.15, 0.2) is 0 Å². The third-order valence-electron chi connectivity index (χ3n) is 3.75. The predicted molar refractivity (Wildman–Crippen MR) is 61.5 cm³/mol. The first-order valence-electron chi connectivity index (χ1n) is 5.60. The van der Waals surface area contributed by atoms with Crippen LogP contribution in [0.2, 0.25) is 0 Å². The van der Waals surface area contributed by atoms with E-state index in [9.17, 15) is 9.59 Å². The number of halogens is 1. The van der Waals surface area contributed by atoms with E-state index in [1.807, 2.05) is 6.08 Å². The van der Waals surface area contributed by atoms with Crippen LogP contribution in [0, 0.1) is 17.8 Å². The normalized spacial score (nSPS) is 35.1. The van der Waals surface area contributed by atoms with E-state index in [2.05, 4.69) is 0 Å². The standard InChI is InChI=1S/C12H15ClO4/c1-16-11(14)7-4-3-6-8(7)5-9(13)10(6)12(15)17-2/h4,6,8-10H,3,5H2,1-2H3/t6-,8-,9-,10+/m0/s1. The minimum Gasteiger partial charge on any atom is -0.469 e. The fourth-order valence-electron chi connectivity index (χ4n) is 2.98. The molecule has 17 heavy (non-hydrogen) atoms. The Morgan fingerprint density at radius 2 is 2.06 bits per heavy atom. The molecule has 0 radical (unpaired) electrons. The number of carbonyl (C=O) groups is 2. The summed E-state index contributed by atoms with van der Waals surface area (Å²) in [4.78, 5) is 23.2. The molecular formula is C12H15ClO4. The van der Waals surface area contributed by atoms with Crippen LogP contribution in [0.15, 0.2) is 11.6 Å². The van der Waals surface area contributed by atoms with Gasteiger partial charge in [0, 0.05) is 11.0 Å². The second-order valence-corrected chi connectivity index (χ2v) is 5.02. The molecule has 2 aliphatic carbocycles. The molecule has 4 atom stereocenters. The molecule has 0 spiro atoms. The van der Waals surface area contributed by atoms with Gasteiger partial charge in [-0.25, -0.2) is 4.79 Å². The van der Waals surface area contributed by atoms with Crippen molar-refractivity contribution in [3.63, 3.8) is 0 Å². The minimum absolute atomic E-state index is 0.0362. The monoisotopic (exact) mass is 258 g/mol. The molecule has 0 heterocycles. The number of carbonyl (C=O) groups excluding carboxylic acids is 2. The van der Waals surface area contributed by atoms with Crippen LogP contribution < -0.4 is 0 Å². The number of hydrogen-bond acceptors (Lipinski definition) is 4. The Labute approximate surface area is 105 Å². The van der Waals surface area contributed by atoms with Gasteiger partial charge in [-0.3, -0.25) is 4.79 Å². The average molecular weight is 259 g/mol. The van der Waals surface area contributed by atoms with Crippen molar-refractivity contribution < 1.29 is 19.1 Å². The highest BCUT2D eigenvalue weighted by Gasteiger charge is 2.51. The predicted octanol–water partition coefficient (Wildman–Crippen LogP) is 1.52. The highest BCUT2D eigenvalue weighted by Crippen LogP contribution is 2.50. The molecule has 0 aliphatic heterocycles. The summed E-state index contributed by atoms with van der Waals surface area (Å²) in [6.07, 6.45) is 3.19. The van der Waals surface area contributed by atoms with Gasteiger partial charge in [0.1, 0.15) is 0 Å². The Bertz CT molecular complexity index is 377. The zero-order valence-electron chi connectivity index (χ0n) is 9.81. The maximum absolute atomic E-state index is 11.7. The van der Waals surface area contributed by atoms with Gasteiger partial charge < -0.3 is 9.47 Å². The molecule has 0 saturated heterocycles. The molecule has 0 aromatic rings. The number of fused-ring (bicyclic) bond motifs is 1. The maximum Gasteiger partial charge on any atom is 0.333 e. The number of ether oxygens (including phenoxy) is 2. The Hall–Kier alpha value is -1.03. The van der Waals surface area contributed by atoms with Crippen LogP contribution in [0.3, 0.4) is 0 Å². The van der Waals surface area contributed by atoms with E-state index < -0.39 is 0 Å². The third kappa shape index (κ3) is 1.95. The van der Waals surface area contributed by atoms with Gasteiger partial charge in [0.05, 0.1) is 20.1 Å². The van der Waals surface area contributed by atoms with Crippen LogP contribution in [0.1, 0.15) is 12.8 Å². The lowest BCUT2D eigenvalue weighted by atomic mass is 9.89. The smallest absolute Gasteiger partial charge is 0.333 e. The van der Waals surface area contributed by atoms with Crippen molar-refractivity contribution in [3.05, 3.63) is 11.6 Å². The zero-order valence-corrected chi connectivity index (χ0v) is 10.6. The van der Waals surface area contributed by atoms with E-state index >= 15 is 0 Å². The second-order valence-electron chi connectivity index (χ2n) is 4.46. The Balaban J connectivity index is 2.17. The quantitative estimate of drug-likeness (QED) is 0.557. The largest absolute Gasteiger partial charge is 0.469 e. The average Bonchev–Trinajstić information content (AvgIpc) is 2.84. The van der Waals surface area contributed by atoms with E-state index in [1.165, 1.54) is 14.2 Å². The lowest BCUT2D eigenvalue weighted by Crippen LogP contribution is -2.26. The molecule has 5 heteroatoms. The van der Waals surface area contributed by atoms with E-state index in [-0.39, 0.29) is 35.1 Å². The summed E-state index contributed by atoms with van der Waals surface area (Å²) in [6, 6.07) is 0. The van der Waals surface area contributed by atoms with Gasteiger partial charge in [0.2, 0.25) is 0 Å². The topological polar surface area (TPSA) is 52.6 Å². The van der Waals surface area contributed by atoms with Crippen molar-refractivity contribution >= 4 is 23.5 Å². The van der Waals surface area contributed by atoms with E-state index in [0.29, 0.717) is 18.4 Å². The van der Waals surface area contributed by atoms with Crippen LogP contribution in [-0.4, -0.2) is 31.5 Å². The molecule has 0 aromatic heterocycles. The summed E-state index contributed by atoms with van der Waals surface area (Å²) in [5.41, 5.74) is 0.662. The summed E-state index contributed by atoms with van der Waals surface area (Å²) in [6.45, 7) is 0. The van der Waals surface area contributed by atoms with Gasteiger partial charge in [-0.2, -0.15) is 0 Å². The molecule has 0 amide bonds. The number of alkyl halides is 1. The summed E-state index contributed by atoms with van der Waals surface area (Å²) < 4.78 is 9.51. The van der Waals surface area contributed by atoms with Crippen molar-refractivity contribution in [2.45, 2.75) is 18.2 Å². The van der Waals surface area contributed by atoms with Crippen molar-refractivity contribution in [2.24, 2.45) is 17.8 Å². The first-order chi connectivity index (χ1) is 8.10. The first-order valence-corrected chi connectivity index (χ1v) is 6.04. The van der Waals surface area contributed by atoms with Gasteiger partial charge in [0.25, 0.3) is 0 Å². The molecule has 0 N–H and O–H groups in total. The zero-order chi connectivity index (χ0) is 12.6. The highest BCUT2D eigenvalue weighted by atomic mass is 35.5. The Morgan fingerprint density at radius 1 is 1.35 bits per heavy atom. The van der Waals surface area contributed by atoms with E-state index in [4.69, 9.17) is 21.1 Å². The molecule has 0 unspecified atom stereocenters. The van der Waals surface area contributed by atoms with Crippen LogP contribution in [-0.2, 0) is 19.1 Å². The SMILES string of the molecule is COC(=O)C1=CC[C@@H]2[C@@H](C(=O)OC)[C@@H](Cl)C[C@H]12. The summed E-state index contributed by atoms with van der Waals surface area (Å²) in [5, 5.41) is -0.259. The van der Waals surface area contributed by atoms with Gasteiger partial charge >= 0.3 is 11.9 Å². The molecule has 0 aromatic carbocycles. The fraction of sp³-hybridized carbons (Fsp3) is 0.667. The van der Waals surface area contributed by atoms with Crippen LogP contribution in [0.5, 0.6) is 0 Å². The molecule has 4 nitrogen and oxygen atoms in total. The number of rotatable bonds is 2. The van der Waals surface area contributed by atoms with Crippen molar-refractivity contribution in [3.8, 4) is 0 Å². The van der Waals surface area contributed by atoms with E-state index in [1.54, 1.807) is 0 Å². The summed E-state index contributed by atoms with van der Waals surface area (Å²) in [5.74, 6) is -0.790. The number of methoxy groups -OCH3 is 2. The first kappa shape index (κ1) is 12.4. The molecule has 1 saturated carbocycles. The maximum atomic E-state index is 11.7. The van der Waals surface area contributed by atoms with Crippen molar-refractivity contribution in [2.75, 3.05) is 14.2 Å². The Morgan fingerprint density at radius 3 is 2.65 bits per heavy atom. The van der Waals surface area contributed by atoms with Gasteiger partial charge in [-0.1, -0.05) is 6.08 Å². The number of allylic oxidation sites excluding steroid dienone is 1. The number of esters is 2. The lowest BCUT2D eigenvalue weighted by Gasteiger charge is -2.18. The minimum atomic E-state index is -0.315. The third-order valence-corrected chi connectivity index (χ3v) is 4.20. The van der Waals surface area contributed by atoms with E-state index in [0.717, 1.165) is 0 Å². The molecular weight excluding hydrogens is 244 g/mol. The summed E-state index contributed by atoms with van der Waals surface area (Å²) >= 11 is 6.19. The molecule has 2 rings (SSSR count). The molecule has 0 bridgehead atoms. The van der Waals surface area contributed by atoms with Gasteiger partial charge in [-0.05, 0) is 24.7 Å². The molecule has 2 aliphatic rings. The lowest BCUT2D eigenvalue weighted by molar-refractivity contribution is -0.146. The van der Waals surface area contributed by atoms with Crippen LogP contribution in [0.25, 0.3) is 0 Å². The fourth-order valence-corrected chi connectivity index (χ4v) is 3.46. The molecule has 94 valence electrons. The van der Waals surface area contributed by atoms with Crippen LogP contribution >= 0.6 is 11.6 Å². The van der Waals surface area contributed by atoms with Crippen LogP contribution in [0.4, 0.5) is 0 Å². The van der Waals surface area contributed by atoms with Crippen molar-refractivity contribution in [1.29, 1.82) is 0 Å². The number of hydrogen-bond donors (Lipinski definition) is 0.